The number of aliphatic imine (C=N–C) groups is 1. The van der Waals surface area contributed by atoms with E-state index in [0.717, 1.165) is 6.42 Å². The van der Waals surface area contributed by atoms with Crippen LogP contribution in [0.15, 0.2) is 28.4 Å². The second kappa shape index (κ2) is 3.32. The first-order valence-corrected chi connectivity index (χ1v) is 3.41. The average molecular weight is 136 g/mol. The van der Waals surface area contributed by atoms with Crippen LogP contribution in [0.3, 0.4) is 0 Å². The highest BCUT2D eigenvalue weighted by molar-refractivity contribution is 5.64. The lowest BCUT2D eigenvalue weighted by molar-refractivity contribution is 1.07. The van der Waals surface area contributed by atoms with Crippen LogP contribution in [0, 0.1) is 0 Å². The van der Waals surface area contributed by atoms with Gasteiger partial charge in [0.15, 0.2) is 0 Å². The number of nitrogens with two attached hydrogens (primary N) is 1. The zero-order valence-corrected chi connectivity index (χ0v) is 6.17. The molecule has 54 valence electrons. The summed E-state index contributed by atoms with van der Waals surface area (Å²) in [6, 6.07) is 0. The molecule has 0 aliphatic carbocycles. The standard InChI is InChI=1S/C8H12N2/c1-7-2-4-10-5-3-8(7)6-9/h2,4-5H,3,6,9H2,1H3. The normalized spacial score (nSPS) is 17.8. The molecule has 0 amide bonds. The van der Waals surface area contributed by atoms with E-state index in [1.54, 1.807) is 6.20 Å². The number of hydrogen-bond donors (Lipinski definition) is 1. The molecule has 0 saturated heterocycles. The highest BCUT2D eigenvalue weighted by Crippen LogP contribution is 2.09. The summed E-state index contributed by atoms with van der Waals surface area (Å²) in [6.07, 6.45) is 6.58. The second-order valence-electron chi connectivity index (χ2n) is 2.34. The predicted molar refractivity (Wildman–Crippen MR) is 44.0 cm³/mol. The summed E-state index contributed by atoms with van der Waals surface area (Å²) < 4.78 is 0. The van der Waals surface area contributed by atoms with Crippen molar-refractivity contribution in [2.45, 2.75) is 13.3 Å². The van der Waals surface area contributed by atoms with Gasteiger partial charge < -0.3 is 5.73 Å². The molecule has 10 heavy (non-hydrogen) atoms. The highest BCUT2D eigenvalue weighted by Gasteiger charge is 1.97. The maximum atomic E-state index is 5.51. The average Bonchev–Trinajstić information content (AvgIpc) is 2.13. The van der Waals surface area contributed by atoms with Crippen molar-refractivity contribution in [2.75, 3.05) is 6.54 Å². The van der Waals surface area contributed by atoms with Crippen LogP contribution in [0.5, 0.6) is 0 Å². The highest BCUT2D eigenvalue weighted by atomic mass is 14.7. The first-order valence-electron chi connectivity index (χ1n) is 3.41. The van der Waals surface area contributed by atoms with Crippen LogP contribution < -0.4 is 5.73 Å². The van der Waals surface area contributed by atoms with Crippen molar-refractivity contribution < 1.29 is 0 Å². The molecular formula is C8H12N2. The fourth-order valence-corrected chi connectivity index (χ4v) is 0.902. The maximum Gasteiger partial charge on any atom is 0.0266 e. The van der Waals surface area contributed by atoms with Crippen molar-refractivity contribution in [1.82, 2.24) is 0 Å². The van der Waals surface area contributed by atoms with Crippen LogP contribution in [0.2, 0.25) is 0 Å². The summed E-state index contributed by atoms with van der Waals surface area (Å²) in [5.41, 5.74) is 8.04. The molecule has 0 radical (unpaired) electrons. The van der Waals surface area contributed by atoms with E-state index in [9.17, 15) is 0 Å². The number of hydrogen-bond acceptors (Lipinski definition) is 2. The van der Waals surface area contributed by atoms with Gasteiger partial charge in [-0.2, -0.15) is 0 Å². The van der Waals surface area contributed by atoms with Gasteiger partial charge >= 0.3 is 0 Å². The van der Waals surface area contributed by atoms with Crippen LogP contribution in [0.25, 0.3) is 0 Å². The van der Waals surface area contributed by atoms with E-state index in [4.69, 9.17) is 5.73 Å². The molecule has 0 atom stereocenters. The van der Waals surface area contributed by atoms with Gasteiger partial charge in [-0.15, -0.1) is 0 Å². The molecule has 0 aromatic carbocycles. The Kier molecular flexibility index (Phi) is 2.40. The molecular weight excluding hydrogens is 124 g/mol. The summed E-state index contributed by atoms with van der Waals surface area (Å²) in [5, 5.41) is 0. The molecule has 0 bridgehead atoms. The molecule has 0 aromatic rings. The van der Waals surface area contributed by atoms with Crippen LogP contribution in [0.4, 0.5) is 0 Å². The lowest BCUT2D eigenvalue weighted by Gasteiger charge is -2.00. The topological polar surface area (TPSA) is 38.4 Å². The Balaban J connectivity index is 2.82. The van der Waals surface area contributed by atoms with Gasteiger partial charge in [-0.1, -0.05) is 0 Å². The summed E-state index contributed by atoms with van der Waals surface area (Å²) in [7, 11) is 0. The van der Waals surface area contributed by atoms with E-state index in [0.29, 0.717) is 6.54 Å². The SMILES string of the molecule is CC1=C(CN)CC=NC=C1. The summed E-state index contributed by atoms with van der Waals surface area (Å²) in [4.78, 5) is 4.02. The second-order valence-corrected chi connectivity index (χ2v) is 2.34. The van der Waals surface area contributed by atoms with Gasteiger partial charge in [-0.25, -0.2) is 0 Å². The Morgan fingerprint density at radius 2 is 2.50 bits per heavy atom. The minimum atomic E-state index is 0.641. The quantitative estimate of drug-likeness (QED) is 0.579. The van der Waals surface area contributed by atoms with Gasteiger partial charge in [0.25, 0.3) is 0 Å². The van der Waals surface area contributed by atoms with Gasteiger partial charge in [0, 0.05) is 25.4 Å². The van der Waals surface area contributed by atoms with Gasteiger partial charge in [0.05, 0.1) is 0 Å². The third kappa shape index (κ3) is 1.54. The zero-order valence-electron chi connectivity index (χ0n) is 6.17. The Labute approximate surface area is 61.1 Å². The fraction of sp³-hybridized carbons (Fsp3) is 0.375. The van der Waals surface area contributed by atoms with Crippen molar-refractivity contribution in [3.63, 3.8) is 0 Å². The Morgan fingerprint density at radius 3 is 3.20 bits per heavy atom. The number of rotatable bonds is 1. The lowest BCUT2D eigenvalue weighted by Crippen LogP contribution is -2.04. The molecule has 1 rings (SSSR count). The minimum Gasteiger partial charge on any atom is -0.327 e. The van der Waals surface area contributed by atoms with Gasteiger partial charge in [0.2, 0.25) is 0 Å². The van der Waals surface area contributed by atoms with Crippen molar-refractivity contribution in [1.29, 1.82) is 0 Å². The zero-order chi connectivity index (χ0) is 7.40. The lowest BCUT2D eigenvalue weighted by atomic mass is 10.1. The maximum absolute atomic E-state index is 5.51. The van der Waals surface area contributed by atoms with E-state index in [-0.39, 0.29) is 0 Å². The van der Waals surface area contributed by atoms with E-state index in [1.807, 2.05) is 12.3 Å². The van der Waals surface area contributed by atoms with Crippen LogP contribution in [0.1, 0.15) is 13.3 Å². The third-order valence-corrected chi connectivity index (χ3v) is 1.66. The smallest absolute Gasteiger partial charge is 0.0266 e. The third-order valence-electron chi connectivity index (χ3n) is 1.66. The van der Waals surface area contributed by atoms with Crippen LogP contribution in [-0.4, -0.2) is 12.8 Å². The monoisotopic (exact) mass is 136 g/mol. The summed E-state index contributed by atoms with van der Waals surface area (Å²) in [5.74, 6) is 0. The van der Waals surface area contributed by atoms with Crippen molar-refractivity contribution in [3.8, 4) is 0 Å². The minimum absolute atomic E-state index is 0.641. The molecule has 0 fully saturated rings. The van der Waals surface area contributed by atoms with Gasteiger partial charge in [0.1, 0.15) is 0 Å². The Hall–Kier alpha value is -0.890. The summed E-state index contributed by atoms with van der Waals surface area (Å²) in [6.45, 7) is 2.70. The van der Waals surface area contributed by atoms with Gasteiger partial charge in [-0.3, -0.25) is 4.99 Å². The fourth-order valence-electron chi connectivity index (χ4n) is 0.902. The number of allylic oxidation sites excluding steroid dienone is 2. The largest absolute Gasteiger partial charge is 0.327 e. The first kappa shape index (κ1) is 7.22. The van der Waals surface area contributed by atoms with Crippen LogP contribution in [-0.2, 0) is 0 Å². The molecule has 2 heteroatoms. The molecule has 2 N–H and O–H groups in total. The first-order chi connectivity index (χ1) is 4.84. The molecule has 0 saturated carbocycles. The van der Waals surface area contributed by atoms with E-state index in [2.05, 4.69) is 11.9 Å². The number of nitrogens with zero attached hydrogens (tertiary/aromatic N) is 1. The van der Waals surface area contributed by atoms with Gasteiger partial charge in [-0.05, 0) is 24.1 Å². The molecule has 0 aromatic heterocycles. The Bertz CT molecular complexity index is 199. The van der Waals surface area contributed by atoms with Crippen molar-refractivity contribution in [2.24, 2.45) is 10.7 Å². The molecule has 0 spiro atoms. The molecule has 0 unspecified atom stereocenters. The summed E-state index contributed by atoms with van der Waals surface area (Å²) >= 11 is 0. The van der Waals surface area contributed by atoms with Crippen LogP contribution >= 0.6 is 0 Å². The molecule has 2 nitrogen and oxygen atoms in total. The van der Waals surface area contributed by atoms with Crippen molar-refractivity contribution >= 4 is 6.21 Å². The molecule has 1 aliphatic rings. The van der Waals surface area contributed by atoms with E-state index >= 15 is 0 Å². The Morgan fingerprint density at radius 1 is 1.70 bits per heavy atom. The van der Waals surface area contributed by atoms with Crippen molar-refractivity contribution in [3.05, 3.63) is 23.4 Å². The molecule has 1 aliphatic heterocycles. The van der Waals surface area contributed by atoms with E-state index in [1.165, 1.54) is 11.1 Å². The van der Waals surface area contributed by atoms with E-state index < -0.39 is 0 Å². The molecule has 1 heterocycles. The predicted octanol–water partition coefficient (Wildman–Crippen LogP) is 1.25.